The van der Waals surface area contributed by atoms with Gasteiger partial charge in [0.05, 0.1) is 18.6 Å². The number of aliphatic hydroxyl groups excluding tert-OH is 1. The van der Waals surface area contributed by atoms with Gasteiger partial charge in [-0.1, -0.05) is 0 Å². The molecule has 11 N–H and O–H groups in total. The van der Waals surface area contributed by atoms with Crippen LogP contribution >= 0.6 is 0 Å². The van der Waals surface area contributed by atoms with Gasteiger partial charge in [-0.25, -0.2) is 4.79 Å². The first-order valence-electron chi connectivity index (χ1n) is 10.7. The maximum absolute atomic E-state index is 12.8. The molecule has 15 nitrogen and oxygen atoms in total. The van der Waals surface area contributed by atoms with Crippen molar-refractivity contribution >= 4 is 35.6 Å². The number of guanidine groups is 1. The van der Waals surface area contributed by atoms with E-state index in [0.717, 1.165) is 0 Å². The van der Waals surface area contributed by atoms with E-state index in [9.17, 15) is 29.1 Å². The maximum atomic E-state index is 12.8. The number of nitrogens with zero attached hydrogens (tertiary/aromatic N) is 2. The lowest BCUT2D eigenvalue weighted by Crippen LogP contribution is -2.59. The molecule has 1 aliphatic rings. The molecule has 5 unspecified atom stereocenters. The zero-order chi connectivity index (χ0) is 26.0. The number of carbonyl (C=O) groups is 5. The summed E-state index contributed by atoms with van der Waals surface area (Å²) in [4.78, 5) is 65.2. The fourth-order valence-corrected chi connectivity index (χ4v) is 3.45. The van der Waals surface area contributed by atoms with Gasteiger partial charge in [-0.05, 0) is 32.6 Å². The van der Waals surface area contributed by atoms with E-state index in [2.05, 4.69) is 10.3 Å². The first-order chi connectivity index (χ1) is 15.8. The zero-order valence-corrected chi connectivity index (χ0v) is 18.8. The number of amides is 3. The number of carbonyl (C=O) groups excluding carboxylic acids is 3. The molecule has 3 amide bonds. The van der Waals surface area contributed by atoms with Gasteiger partial charge >= 0.3 is 11.9 Å². The summed E-state index contributed by atoms with van der Waals surface area (Å²) in [5.74, 6) is -5.40. The van der Waals surface area contributed by atoms with E-state index in [4.69, 9.17) is 27.4 Å². The lowest BCUT2D eigenvalue weighted by Gasteiger charge is -2.29. The van der Waals surface area contributed by atoms with Crippen LogP contribution in [-0.2, 0) is 24.0 Å². The molecule has 0 bridgehead atoms. The van der Waals surface area contributed by atoms with Gasteiger partial charge < -0.3 is 48.1 Å². The Morgan fingerprint density at radius 1 is 1.15 bits per heavy atom. The third kappa shape index (κ3) is 8.82. The van der Waals surface area contributed by atoms with Gasteiger partial charge in [0.2, 0.25) is 17.7 Å². The third-order valence-electron chi connectivity index (χ3n) is 5.18. The van der Waals surface area contributed by atoms with Crippen LogP contribution in [0.15, 0.2) is 4.99 Å². The zero-order valence-electron chi connectivity index (χ0n) is 18.8. The van der Waals surface area contributed by atoms with E-state index in [-0.39, 0.29) is 25.5 Å². The highest BCUT2D eigenvalue weighted by molar-refractivity contribution is 5.95. The number of likely N-dealkylation sites (tertiary alicyclic amines) is 1. The molecule has 1 aliphatic heterocycles. The Bertz CT molecular complexity index is 800. The molecular formula is C19H33N7O8. The summed E-state index contributed by atoms with van der Waals surface area (Å²) in [5, 5.41) is 32.2. The predicted molar refractivity (Wildman–Crippen MR) is 118 cm³/mol. The highest BCUT2D eigenvalue weighted by Crippen LogP contribution is 2.19. The Balaban J connectivity index is 2.81. The normalized spacial score (nSPS) is 18.8. The van der Waals surface area contributed by atoms with Crippen LogP contribution in [0.4, 0.5) is 0 Å². The van der Waals surface area contributed by atoms with Crippen molar-refractivity contribution in [2.75, 3.05) is 13.1 Å². The van der Waals surface area contributed by atoms with Crippen LogP contribution in [0, 0.1) is 0 Å². The number of nitrogens with two attached hydrogens (primary N) is 3. The minimum Gasteiger partial charge on any atom is -0.481 e. The Morgan fingerprint density at radius 2 is 1.79 bits per heavy atom. The smallest absolute Gasteiger partial charge is 0.326 e. The maximum Gasteiger partial charge on any atom is 0.326 e. The van der Waals surface area contributed by atoms with Crippen LogP contribution in [0.2, 0.25) is 0 Å². The standard InChI is InChI=1S/C19H33N7O8/c1-9(27)14(16(31)24-11(18(33)34)8-13(28)29)25-15(30)12-5-3-7-26(12)17(32)10(20)4-2-6-23-19(21)22/h9-12,14,27H,2-8,20H2,1H3,(H,24,31)(H,25,30)(H,28,29)(H,33,34)(H4,21,22,23). The lowest BCUT2D eigenvalue weighted by molar-refractivity contribution is -0.148. The van der Waals surface area contributed by atoms with Gasteiger partial charge in [0, 0.05) is 13.1 Å². The fourth-order valence-electron chi connectivity index (χ4n) is 3.45. The van der Waals surface area contributed by atoms with Crippen molar-refractivity contribution in [3.8, 4) is 0 Å². The van der Waals surface area contributed by atoms with Crippen molar-refractivity contribution < 1.29 is 39.3 Å². The van der Waals surface area contributed by atoms with Crippen molar-refractivity contribution in [1.29, 1.82) is 0 Å². The quantitative estimate of drug-likeness (QED) is 0.0710. The van der Waals surface area contributed by atoms with Crippen molar-refractivity contribution in [2.24, 2.45) is 22.2 Å². The molecule has 15 heteroatoms. The van der Waals surface area contributed by atoms with Crippen LogP contribution in [0.3, 0.4) is 0 Å². The Kier molecular flexibility index (Phi) is 11.2. The molecule has 0 aromatic heterocycles. The van der Waals surface area contributed by atoms with E-state index in [1.165, 1.54) is 11.8 Å². The summed E-state index contributed by atoms with van der Waals surface area (Å²) in [6.45, 7) is 1.75. The molecule has 34 heavy (non-hydrogen) atoms. The number of aliphatic carboxylic acids is 2. The Morgan fingerprint density at radius 3 is 2.32 bits per heavy atom. The minimum atomic E-state index is -1.76. The molecule has 0 aromatic carbocycles. The van der Waals surface area contributed by atoms with Crippen molar-refractivity contribution in [3.63, 3.8) is 0 Å². The second-order valence-corrected chi connectivity index (χ2v) is 7.97. The fraction of sp³-hybridized carbons (Fsp3) is 0.684. The molecule has 0 spiro atoms. The number of hydrogen-bond donors (Lipinski definition) is 8. The average molecular weight is 488 g/mol. The van der Waals surface area contributed by atoms with Crippen LogP contribution in [-0.4, -0.2) is 99.2 Å². The molecule has 0 saturated carbocycles. The molecular weight excluding hydrogens is 454 g/mol. The van der Waals surface area contributed by atoms with Crippen LogP contribution < -0.4 is 27.8 Å². The third-order valence-corrected chi connectivity index (χ3v) is 5.18. The van der Waals surface area contributed by atoms with Crippen LogP contribution in [0.5, 0.6) is 0 Å². The first kappa shape index (κ1) is 28.6. The topological polar surface area (TPSA) is 264 Å². The lowest BCUT2D eigenvalue weighted by atomic mass is 10.1. The number of hydrogen-bond acceptors (Lipinski definition) is 8. The van der Waals surface area contributed by atoms with Gasteiger partial charge in [-0.2, -0.15) is 0 Å². The molecule has 1 rings (SSSR count). The Labute approximate surface area is 195 Å². The summed E-state index contributed by atoms with van der Waals surface area (Å²) < 4.78 is 0. The largest absolute Gasteiger partial charge is 0.481 e. The number of aliphatic imine (C=N–C) groups is 1. The van der Waals surface area contributed by atoms with Crippen molar-refractivity contribution in [3.05, 3.63) is 0 Å². The molecule has 1 saturated heterocycles. The monoisotopic (exact) mass is 487 g/mol. The van der Waals surface area contributed by atoms with Gasteiger partial charge in [-0.15, -0.1) is 0 Å². The van der Waals surface area contributed by atoms with Crippen LogP contribution in [0.1, 0.15) is 39.0 Å². The molecule has 0 aliphatic carbocycles. The Hall–Kier alpha value is -3.46. The van der Waals surface area contributed by atoms with E-state index in [1.54, 1.807) is 0 Å². The van der Waals surface area contributed by atoms with Gasteiger partial charge in [-0.3, -0.25) is 24.2 Å². The molecule has 1 fully saturated rings. The van der Waals surface area contributed by atoms with Crippen LogP contribution in [0.25, 0.3) is 0 Å². The predicted octanol–water partition coefficient (Wildman–Crippen LogP) is -3.73. The van der Waals surface area contributed by atoms with E-state index in [0.29, 0.717) is 19.3 Å². The SMILES string of the molecule is CC(O)C(NC(=O)C1CCCN1C(=O)C(N)CCCN=C(N)N)C(=O)NC(CC(=O)O)C(=O)O. The molecule has 192 valence electrons. The summed E-state index contributed by atoms with van der Waals surface area (Å²) >= 11 is 0. The summed E-state index contributed by atoms with van der Waals surface area (Å²) in [5.41, 5.74) is 16.4. The van der Waals surface area contributed by atoms with E-state index >= 15 is 0 Å². The summed E-state index contributed by atoms with van der Waals surface area (Å²) in [6.07, 6.45) is -0.807. The summed E-state index contributed by atoms with van der Waals surface area (Å²) in [6, 6.07) is -5.18. The first-order valence-corrected chi connectivity index (χ1v) is 10.7. The van der Waals surface area contributed by atoms with Gasteiger partial charge in [0.15, 0.2) is 5.96 Å². The van der Waals surface area contributed by atoms with Gasteiger partial charge in [0.25, 0.3) is 0 Å². The highest BCUT2D eigenvalue weighted by atomic mass is 16.4. The molecule has 0 aromatic rings. The summed E-state index contributed by atoms with van der Waals surface area (Å²) in [7, 11) is 0. The second-order valence-electron chi connectivity index (χ2n) is 7.97. The van der Waals surface area contributed by atoms with Crippen molar-refractivity contribution in [2.45, 2.75) is 69.3 Å². The van der Waals surface area contributed by atoms with E-state index in [1.807, 2.05) is 5.32 Å². The number of nitrogens with one attached hydrogen (secondary N) is 2. The molecule has 1 heterocycles. The second kappa shape index (κ2) is 13.3. The average Bonchev–Trinajstić information content (AvgIpc) is 3.22. The van der Waals surface area contributed by atoms with Crippen molar-refractivity contribution in [1.82, 2.24) is 15.5 Å². The number of aliphatic hydroxyl groups is 1. The highest BCUT2D eigenvalue weighted by Gasteiger charge is 2.38. The minimum absolute atomic E-state index is 0.0782. The number of carboxylic acid groups (broad SMARTS) is 2. The molecule has 5 atom stereocenters. The van der Waals surface area contributed by atoms with Gasteiger partial charge in [0.1, 0.15) is 18.1 Å². The van der Waals surface area contributed by atoms with E-state index < -0.39 is 66.4 Å². The number of carboxylic acids is 2. The number of rotatable bonds is 13. The molecule has 0 radical (unpaired) electrons.